The lowest BCUT2D eigenvalue weighted by Crippen LogP contribution is -2.33. The number of hydrogen-bond acceptors (Lipinski definition) is 6. The molecule has 0 saturated carbocycles. The van der Waals surface area contributed by atoms with Crippen LogP contribution >= 0.6 is 11.3 Å². The fourth-order valence-electron chi connectivity index (χ4n) is 2.55. The summed E-state index contributed by atoms with van der Waals surface area (Å²) in [4.78, 5) is 22.0. The Labute approximate surface area is 174 Å². The molecule has 3 rings (SSSR count). The van der Waals surface area contributed by atoms with Gasteiger partial charge in [-0.15, -0.1) is 11.3 Å². The molecule has 3 aromatic rings. The number of pyridine rings is 1. The predicted octanol–water partition coefficient (Wildman–Crippen LogP) is 3.79. The SMILES string of the molecule is Cc1nc(-c2ccccn2)sc1C(=O)Nc1ccc(S(=O)(=O)N(C)C(C)C)cc1. The van der Waals surface area contributed by atoms with Crippen molar-refractivity contribution < 1.29 is 13.2 Å². The second kappa shape index (κ2) is 8.40. The van der Waals surface area contributed by atoms with E-state index in [1.807, 2.05) is 32.0 Å². The Morgan fingerprint density at radius 2 is 1.83 bits per heavy atom. The molecule has 0 atom stereocenters. The van der Waals surface area contributed by atoms with E-state index >= 15 is 0 Å². The molecule has 9 heteroatoms. The molecule has 0 aliphatic heterocycles. The second-order valence-corrected chi connectivity index (χ2v) is 9.74. The maximum atomic E-state index is 12.7. The number of carbonyl (C=O) groups excluding carboxylic acids is 1. The van der Waals surface area contributed by atoms with Crippen molar-refractivity contribution in [1.29, 1.82) is 0 Å². The molecular weight excluding hydrogens is 408 g/mol. The van der Waals surface area contributed by atoms with Crippen LogP contribution in [-0.2, 0) is 10.0 Å². The minimum Gasteiger partial charge on any atom is -0.321 e. The molecule has 0 aliphatic rings. The summed E-state index contributed by atoms with van der Waals surface area (Å²) in [5.74, 6) is -0.294. The van der Waals surface area contributed by atoms with E-state index in [0.29, 0.717) is 27.0 Å². The number of sulfonamides is 1. The van der Waals surface area contributed by atoms with Gasteiger partial charge in [-0.3, -0.25) is 9.78 Å². The molecule has 0 spiro atoms. The lowest BCUT2D eigenvalue weighted by Gasteiger charge is -2.21. The van der Waals surface area contributed by atoms with E-state index in [1.165, 1.54) is 27.8 Å². The maximum absolute atomic E-state index is 12.7. The minimum absolute atomic E-state index is 0.151. The van der Waals surface area contributed by atoms with E-state index < -0.39 is 10.0 Å². The quantitative estimate of drug-likeness (QED) is 0.642. The van der Waals surface area contributed by atoms with E-state index in [2.05, 4.69) is 15.3 Å². The van der Waals surface area contributed by atoms with Crippen molar-refractivity contribution in [2.45, 2.75) is 31.7 Å². The zero-order valence-corrected chi connectivity index (χ0v) is 18.2. The summed E-state index contributed by atoms with van der Waals surface area (Å²) in [6.07, 6.45) is 1.68. The number of hydrogen-bond donors (Lipinski definition) is 1. The standard InChI is InChI=1S/C20H22N4O3S2/c1-13(2)24(4)29(26,27)16-10-8-15(9-11-16)23-19(25)18-14(3)22-20(28-18)17-7-5-6-12-21-17/h5-13H,1-4H3,(H,23,25). The van der Waals surface area contributed by atoms with Crippen molar-refractivity contribution in [2.75, 3.05) is 12.4 Å². The van der Waals surface area contributed by atoms with Gasteiger partial charge in [0.05, 0.1) is 16.3 Å². The van der Waals surface area contributed by atoms with E-state index in [9.17, 15) is 13.2 Å². The van der Waals surface area contributed by atoms with Crippen molar-refractivity contribution in [3.8, 4) is 10.7 Å². The summed E-state index contributed by atoms with van der Waals surface area (Å²) in [7, 11) is -2.02. The molecule has 1 amide bonds. The Kier molecular flexibility index (Phi) is 6.11. The van der Waals surface area contributed by atoms with Gasteiger partial charge in [0.15, 0.2) is 0 Å². The highest BCUT2D eigenvalue weighted by molar-refractivity contribution is 7.89. The first-order chi connectivity index (χ1) is 13.7. The van der Waals surface area contributed by atoms with Crippen LogP contribution in [0.5, 0.6) is 0 Å². The van der Waals surface area contributed by atoms with Crippen LogP contribution in [0.15, 0.2) is 53.6 Å². The molecule has 152 valence electrons. The first-order valence-electron chi connectivity index (χ1n) is 8.98. The third kappa shape index (κ3) is 4.52. The zero-order chi connectivity index (χ0) is 21.2. The number of thiazole rings is 1. The van der Waals surface area contributed by atoms with Gasteiger partial charge < -0.3 is 5.32 Å². The third-order valence-electron chi connectivity index (χ3n) is 4.40. The monoisotopic (exact) mass is 430 g/mol. The summed E-state index contributed by atoms with van der Waals surface area (Å²) >= 11 is 1.27. The molecule has 2 heterocycles. The number of nitrogens with zero attached hydrogens (tertiary/aromatic N) is 3. The van der Waals surface area contributed by atoms with Crippen LogP contribution in [0.3, 0.4) is 0 Å². The fraction of sp³-hybridized carbons (Fsp3) is 0.250. The Bertz CT molecular complexity index is 1110. The van der Waals surface area contributed by atoms with E-state index in [4.69, 9.17) is 0 Å². The van der Waals surface area contributed by atoms with Crippen LogP contribution in [-0.4, -0.2) is 41.7 Å². The van der Waals surface area contributed by atoms with Gasteiger partial charge in [-0.2, -0.15) is 4.31 Å². The molecule has 1 N–H and O–H groups in total. The number of carbonyl (C=O) groups is 1. The largest absolute Gasteiger partial charge is 0.321 e. The second-order valence-electron chi connectivity index (χ2n) is 6.74. The van der Waals surface area contributed by atoms with Crippen LogP contribution in [0.1, 0.15) is 29.2 Å². The molecule has 1 aromatic carbocycles. The molecule has 7 nitrogen and oxygen atoms in total. The van der Waals surface area contributed by atoms with Crippen molar-refractivity contribution in [1.82, 2.24) is 14.3 Å². The van der Waals surface area contributed by atoms with Crippen LogP contribution in [0, 0.1) is 6.92 Å². The lowest BCUT2D eigenvalue weighted by atomic mass is 10.3. The average molecular weight is 431 g/mol. The number of anilines is 1. The number of aryl methyl sites for hydroxylation is 1. The first-order valence-corrected chi connectivity index (χ1v) is 11.2. The van der Waals surface area contributed by atoms with Gasteiger partial charge in [0.2, 0.25) is 10.0 Å². The minimum atomic E-state index is -3.56. The zero-order valence-electron chi connectivity index (χ0n) is 16.6. The van der Waals surface area contributed by atoms with E-state index in [0.717, 1.165) is 0 Å². The van der Waals surface area contributed by atoms with Crippen molar-refractivity contribution in [3.05, 3.63) is 59.2 Å². The van der Waals surface area contributed by atoms with Crippen LogP contribution in [0.2, 0.25) is 0 Å². The van der Waals surface area contributed by atoms with Crippen LogP contribution in [0.4, 0.5) is 5.69 Å². The normalized spacial score (nSPS) is 11.8. The summed E-state index contributed by atoms with van der Waals surface area (Å²) < 4.78 is 26.4. The molecule has 2 aromatic heterocycles. The highest BCUT2D eigenvalue weighted by Gasteiger charge is 2.23. The topological polar surface area (TPSA) is 92.3 Å². The molecular formula is C20H22N4O3S2. The van der Waals surface area contributed by atoms with Crippen molar-refractivity contribution >= 4 is 33.0 Å². The van der Waals surface area contributed by atoms with Gasteiger partial charge in [-0.1, -0.05) is 6.07 Å². The smallest absolute Gasteiger partial charge is 0.267 e. The van der Waals surface area contributed by atoms with Gasteiger partial charge in [0, 0.05) is 25.0 Å². The van der Waals surface area contributed by atoms with Gasteiger partial charge >= 0.3 is 0 Å². The fourth-order valence-corrected chi connectivity index (χ4v) is 4.85. The van der Waals surface area contributed by atoms with Gasteiger partial charge in [0.1, 0.15) is 9.88 Å². The summed E-state index contributed by atoms with van der Waals surface area (Å²) in [5.41, 5.74) is 1.84. The van der Waals surface area contributed by atoms with Gasteiger partial charge in [0.25, 0.3) is 5.91 Å². The Balaban J connectivity index is 1.78. The average Bonchev–Trinajstić information content (AvgIpc) is 3.10. The Morgan fingerprint density at radius 3 is 2.41 bits per heavy atom. The summed E-state index contributed by atoms with van der Waals surface area (Å²) in [6.45, 7) is 5.39. The molecule has 0 bridgehead atoms. The molecule has 0 aliphatic carbocycles. The van der Waals surface area contributed by atoms with Crippen molar-refractivity contribution in [3.63, 3.8) is 0 Å². The number of nitrogens with one attached hydrogen (secondary N) is 1. The van der Waals surface area contributed by atoms with Crippen LogP contribution in [0.25, 0.3) is 10.7 Å². The highest BCUT2D eigenvalue weighted by atomic mass is 32.2. The summed E-state index contributed by atoms with van der Waals surface area (Å²) in [5, 5.41) is 3.47. The van der Waals surface area contributed by atoms with Crippen LogP contribution < -0.4 is 5.32 Å². The predicted molar refractivity (Wildman–Crippen MR) is 115 cm³/mol. The number of aromatic nitrogens is 2. The van der Waals surface area contributed by atoms with Gasteiger partial charge in [-0.25, -0.2) is 13.4 Å². The number of amides is 1. The number of benzene rings is 1. The maximum Gasteiger partial charge on any atom is 0.267 e. The van der Waals surface area contributed by atoms with E-state index in [1.54, 1.807) is 32.3 Å². The first kappa shape index (κ1) is 21.1. The third-order valence-corrected chi connectivity index (χ3v) is 7.63. The van der Waals surface area contributed by atoms with Crippen molar-refractivity contribution in [2.24, 2.45) is 0 Å². The van der Waals surface area contributed by atoms with E-state index in [-0.39, 0.29) is 16.8 Å². The molecule has 0 saturated heterocycles. The molecule has 0 unspecified atom stereocenters. The Hall–Kier alpha value is -2.62. The Morgan fingerprint density at radius 1 is 1.14 bits per heavy atom. The molecule has 0 fully saturated rings. The molecule has 0 radical (unpaired) electrons. The lowest BCUT2D eigenvalue weighted by molar-refractivity contribution is 0.103. The molecule has 29 heavy (non-hydrogen) atoms. The number of rotatable bonds is 6. The highest BCUT2D eigenvalue weighted by Crippen LogP contribution is 2.27. The summed E-state index contributed by atoms with van der Waals surface area (Å²) in [6, 6.07) is 11.5. The van der Waals surface area contributed by atoms with Gasteiger partial charge in [-0.05, 0) is 57.2 Å².